The highest BCUT2D eigenvalue weighted by Crippen LogP contribution is 2.27. The topological polar surface area (TPSA) is 66.6 Å². The fourth-order valence-electron chi connectivity index (χ4n) is 2.78. The monoisotopic (exact) mass is 333 g/mol. The number of anilines is 1. The van der Waals surface area contributed by atoms with Gasteiger partial charge in [0, 0.05) is 18.7 Å². The molecule has 0 aliphatic carbocycles. The van der Waals surface area contributed by atoms with E-state index in [0.717, 1.165) is 17.7 Å². The summed E-state index contributed by atoms with van der Waals surface area (Å²) in [6.45, 7) is 6.78. The van der Waals surface area contributed by atoms with Crippen molar-refractivity contribution in [3.05, 3.63) is 29.8 Å². The van der Waals surface area contributed by atoms with E-state index in [1.165, 1.54) is 0 Å². The Kier molecular flexibility index (Phi) is 7.92. The van der Waals surface area contributed by atoms with E-state index in [1.807, 2.05) is 50.2 Å². The van der Waals surface area contributed by atoms with Gasteiger partial charge in [0.15, 0.2) is 0 Å². The van der Waals surface area contributed by atoms with Gasteiger partial charge in [-0.15, -0.1) is 0 Å². The van der Waals surface area contributed by atoms with Gasteiger partial charge >= 0.3 is 0 Å². The molecule has 0 aliphatic rings. The van der Waals surface area contributed by atoms with Gasteiger partial charge in [-0.3, -0.25) is 14.5 Å². The van der Waals surface area contributed by atoms with Crippen molar-refractivity contribution >= 4 is 17.5 Å². The normalized spacial score (nSPS) is 12.5. The van der Waals surface area contributed by atoms with Crippen molar-refractivity contribution in [1.29, 1.82) is 0 Å². The van der Waals surface area contributed by atoms with Crippen molar-refractivity contribution in [3.8, 4) is 0 Å². The van der Waals surface area contributed by atoms with Crippen LogP contribution in [0.3, 0.4) is 0 Å². The molecule has 0 aliphatic heterocycles. The number of benzene rings is 1. The molecular formula is C19H31N3O2. The minimum Gasteiger partial charge on any atom is -0.368 e. The summed E-state index contributed by atoms with van der Waals surface area (Å²) >= 11 is 0. The van der Waals surface area contributed by atoms with Crippen molar-refractivity contribution in [3.63, 3.8) is 0 Å². The number of nitrogens with zero attached hydrogens (tertiary/aromatic N) is 2. The number of nitrogens with two attached hydrogens (primary N) is 1. The number of amides is 2. The second kappa shape index (κ2) is 9.42. The van der Waals surface area contributed by atoms with E-state index in [2.05, 4.69) is 13.8 Å². The van der Waals surface area contributed by atoms with Gasteiger partial charge in [-0.1, -0.05) is 39.0 Å². The van der Waals surface area contributed by atoms with Gasteiger partial charge in [-0.05, 0) is 44.5 Å². The highest BCUT2D eigenvalue weighted by Gasteiger charge is 2.30. The van der Waals surface area contributed by atoms with Crippen LogP contribution in [0.4, 0.5) is 5.69 Å². The average molecular weight is 333 g/mol. The molecule has 0 bridgehead atoms. The van der Waals surface area contributed by atoms with Crippen LogP contribution in [0, 0.1) is 5.92 Å². The molecule has 1 aromatic rings. The predicted octanol–water partition coefficient (Wildman–Crippen LogP) is 2.43. The fraction of sp³-hybridized carbons (Fsp3) is 0.579. The Bertz CT molecular complexity index is 555. The molecule has 0 saturated heterocycles. The van der Waals surface area contributed by atoms with Crippen LogP contribution in [-0.4, -0.2) is 43.4 Å². The summed E-state index contributed by atoms with van der Waals surface area (Å²) in [4.78, 5) is 28.3. The fourth-order valence-corrected chi connectivity index (χ4v) is 2.78. The molecule has 1 atom stereocenters. The smallest absolute Gasteiger partial charge is 0.240 e. The molecule has 0 heterocycles. The van der Waals surface area contributed by atoms with Crippen molar-refractivity contribution < 1.29 is 9.59 Å². The van der Waals surface area contributed by atoms with Crippen LogP contribution in [0.25, 0.3) is 0 Å². The number of para-hydroxylation sites is 1. The third kappa shape index (κ3) is 5.64. The maximum atomic E-state index is 12.6. The maximum absolute atomic E-state index is 12.6. The molecule has 1 rings (SSSR count). The Morgan fingerprint density at radius 1 is 1.17 bits per heavy atom. The Morgan fingerprint density at radius 3 is 2.29 bits per heavy atom. The van der Waals surface area contributed by atoms with Crippen LogP contribution in [0.1, 0.15) is 39.2 Å². The van der Waals surface area contributed by atoms with Gasteiger partial charge in [0.1, 0.15) is 6.04 Å². The van der Waals surface area contributed by atoms with E-state index in [1.54, 1.807) is 4.90 Å². The molecule has 0 fully saturated rings. The molecule has 0 radical (unpaired) electrons. The van der Waals surface area contributed by atoms with Gasteiger partial charge in [0.25, 0.3) is 0 Å². The van der Waals surface area contributed by atoms with Gasteiger partial charge in [0.05, 0.1) is 0 Å². The van der Waals surface area contributed by atoms with Crippen molar-refractivity contribution in [2.24, 2.45) is 11.7 Å². The van der Waals surface area contributed by atoms with E-state index < -0.39 is 11.9 Å². The maximum Gasteiger partial charge on any atom is 0.240 e. The van der Waals surface area contributed by atoms with Crippen LogP contribution < -0.4 is 10.6 Å². The number of primary amides is 1. The first kappa shape index (κ1) is 20.2. The lowest BCUT2D eigenvalue weighted by Gasteiger charge is -2.32. The lowest BCUT2D eigenvalue weighted by molar-refractivity contribution is -0.124. The second-order valence-electron chi connectivity index (χ2n) is 6.85. The van der Waals surface area contributed by atoms with E-state index in [-0.39, 0.29) is 5.91 Å². The van der Waals surface area contributed by atoms with Crippen LogP contribution in [0.2, 0.25) is 0 Å². The summed E-state index contributed by atoms with van der Waals surface area (Å²) in [6, 6.07) is 7.17. The SMILES string of the molecule is CCC(=O)N(c1ccccc1CC(C)C)[C@H](CCN(C)C)C(N)=O. The first-order chi connectivity index (χ1) is 11.3. The molecule has 0 spiro atoms. The zero-order chi connectivity index (χ0) is 18.3. The first-order valence-corrected chi connectivity index (χ1v) is 8.61. The Labute approximate surface area is 145 Å². The van der Waals surface area contributed by atoms with E-state index in [9.17, 15) is 9.59 Å². The summed E-state index contributed by atoms with van der Waals surface area (Å²) in [5.74, 6) is -0.0784. The first-order valence-electron chi connectivity index (χ1n) is 8.61. The standard InChI is InChI=1S/C19H31N3O2/c1-6-18(23)22(17(19(20)24)11-12-21(4)5)16-10-8-7-9-15(16)13-14(2)3/h7-10,14,17H,6,11-13H2,1-5H3,(H2,20,24)/t17-/m1/s1. The van der Waals surface area contributed by atoms with Crippen molar-refractivity contribution in [2.45, 2.75) is 46.1 Å². The Morgan fingerprint density at radius 2 is 1.79 bits per heavy atom. The van der Waals surface area contributed by atoms with Crippen LogP contribution in [0.5, 0.6) is 0 Å². The zero-order valence-corrected chi connectivity index (χ0v) is 15.6. The Balaban J connectivity index is 3.30. The van der Waals surface area contributed by atoms with E-state index in [0.29, 0.717) is 25.3 Å². The molecule has 1 aromatic carbocycles. The molecule has 0 saturated carbocycles. The average Bonchev–Trinajstić information content (AvgIpc) is 2.50. The highest BCUT2D eigenvalue weighted by molar-refractivity contribution is 6.00. The molecular weight excluding hydrogens is 302 g/mol. The molecule has 5 nitrogen and oxygen atoms in total. The quantitative estimate of drug-likeness (QED) is 0.755. The summed E-state index contributed by atoms with van der Waals surface area (Å²) in [7, 11) is 3.88. The third-order valence-corrected chi connectivity index (χ3v) is 3.94. The predicted molar refractivity (Wildman–Crippen MR) is 98.9 cm³/mol. The van der Waals surface area contributed by atoms with Crippen molar-refractivity contribution in [1.82, 2.24) is 4.90 Å². The third-order valence-electron chi connectivity index (χ3n) is 3.94. The van der Waals surface area contributed by atoms with Gasteiger partial charge < -0.3 is 10.6 Å². The molecule has 2 amide bonds. The molecule has 0 unspecified atom stereocenters. The molecule has 24 heavy (non-hydrogen) atoms. The zero-order valence-electron chi connectivity index (χ0n) is 15.6. The summed E-state index contributed by atoms with van der Waals surface area (Å²) in [6.07, 6.45) is 1.70. The number of carbonyl (C=O) groups is 2. The molecule has 134 valence electrons. The summed E-state index contributed by atoms with van der Waals surface area (Å²) in [5.41, 5.74) is 7.53. The molecule has 5 heteroatoms. The molecule has 0 aromatic heterocycles. The second-order valence-corrected chi connectivity index (χ2v) is 6.85. The number of hydrogen-bond acceptors (Lipinski definition) is 3. The van der Waals surface area contributed by atoms with Gasteiger partial charge in [0.2, 0.25) is 11.8 Å². The van der Waals surface area contributed by atoms with E-state index >= 15 is 0 Å². The van der Waals surface area contributed by atoms with Gasteiger partial charge in [-0.2, -0.15) is 0 Å². The summed E-state index contributed by atoms with van der Waals surface area (Å²) < 4.78 is 0. The largest absolute Gasteiger partial charge is 0.368 e. The highest BCUT2D eigenvalue weighted by atomic mass is 16.2. The van der Waals surface area contributed by atoms with Crippen molar-refractivity contribution in [2.75, 3.05) is 25.5 Å². The lowest BCUT2D eigenvalue weighted by Crippen LogP contribution is -2.49. The Hall–Kier alpha value is -1.88. The number of rotatable bonds is 9. The van der Waals surface area contributed by atoms with Crippen LogP contribution in [-0.2, 0) is 16.0 Å². The number of carbonyl (C=O) groups excluding carboxylic acids is 2. The van der Waals surface area contributed by atoms with Gasteiger partial charge in [-0.25, -0.2) is 0 Å². The number of hydrogen-bond donors (Lipinski definition) is 1. The van der Waals surface area contributed by atoms with E-state index in [4.69, 9.17) is 5.73 Å². The van der Waals surface area contributed by atoms with Crippen LogP contribution >= 0.6 is 0 Å². The minimum absolute atomic E-state index is 0.0752. The lowest BCUT2D eigenvalue weighted by atomic mass is 9.99. The summed E-state index contributed by atoms with van der Waals surface area (Å²) in [5, 5.41) is 0. The van der Waals surface area contributed by atoms with Crippen LogP contribution in [0.15, 0.2) is 24.3 Å². The molecule has 2 N–H and O–H groups in total. The minimum atomic E-state index is -0.631.